The fraction of sp³-hybridized carbons (Fsp3) is 0.750. The largest absolute Gasteiger partial charge is 0.489 e. The first-order valence-corrected chi connectivity index (χ1v) is 11.7. The summed E-state index contributed by atoms with van der Waals surface area (Å²) in [5, 5.41) is 9.66. The lowest BCUT2D eigenvalue weighted by Crippen LogP contribution is -2.04. The van der Waals surface area contributed by atoms with E-state index in [-0.39, 0.29) is 0 Å². The number of hydrogen-bond donors (Lipinski definition) is 0. The fourth-order valence-corrected chi connectivity index (χ4v) is 3.12. The second-order valence-electron chi connectivity index (χ2n) is 7.57. The molecule has 164 valence electrons. The van der Waals surface area contributed by atoms with Crippen LogP contribution in [0.2, 0.25) is 0 Å². The van der Waals surface area contributed by atoms with Crippen molar-refractivity contribution in [3.63, 3.8) is 0 Å². The molecule has 0 atom stereocenters. The Hall–Kier alpha value is -1.96. The number of ether oxygens (including phenoxy) is 3. The van der Waals surface area contributed by atoms with Gasteiger partial charge in [0, 0.05) is 0 Å². The molecule has 0 unspecified atom stereocenters. The number of unbranched alkanes of at least 4 members (excludes halogenated alkanes) is 9. The molecule has 1 rings (SSSR count). The normalized spacial score (nSPS) is 10.6. The van der Waals surface area contributed by atoms with Crippen molar-refractivity contribution in [3.8, 4) is 17.2 Å². The van der Waals surface area contributed by atoms with Crippen molar-refractivity contribution in [2.75, 3.05) is 19.8 Å². The highest BCUT2D eigenvalue weighted by atomic mass is 16.5. The monoisotopic (exact) mass is 405 g/mol. The molecular weight excluding hydrogens is 364 g/mol. The summed E-state index contributed by atoms with van der Waals surface area (Å²) in [6.07, 6.45) is 13.6. The molecule has 0 N–H and O–H groups in total. The van der Waals surface area contributed by atoms with Gasteiger partial charge in [0.1, 0.15) is 0 Å². The van der Waals surface area contributed by atoms with Crippen molar-refractivity contribution < 1.29 is 14.2 Å². The van der Waals surface area contributed by atoms with E-state index in [4.69, 9.17) is 14.2 Å². The summed E-state index contributed by atoms with van der Waals surface area (Å²) in [6.45, 7) is 8.39. The van der Waals surface area contributed by atoms with Gasteiger partial charge in [0.15, 0.2) is 10.7 Å². The first-order valence-electron chi connectivity index (χ1n) is 11.7. The second-order valence-corrected chi connectivity index (χ2v) is 7.57. The molecule has 0 saturated carbocycles. The van der Waals surface area contributed by atoms with Crippen LogP contribution < -0.4 is 14.2 Å². The number of benzene rings is 1. The second kappa shape index (κ2) is 16.9. The zero-order valence-electron chi connectivity index (χ0n) is 18.9. The Morgan fingerprint density at radius 3 is 1.55 bits per heavy atom. The molecule has 0 aliphatic carbocycles. The molecule has 0 spiro atoms. The minimum atomic E-state index is 0.335. The summed E-state index contributed by atoms with van der Waals surface area (Å²) in [5.74, 6) is 1.67. The zero-order chi connectivity index (χ0) is 21.2. The van der Waals surface area contributed by atoms with Crippen LogP contribution in [-0.4, -0.2) is 19.8 Å². The number of hydrogen-bond acceptors (Lipinski definition) is 4. The van der Waals surface area contributed by atoms with E-state index in [0.29, 0.717) is 42.8 Å². The van der Waals surface area contributed by atoms with E-state index in [1.165, 1.54) is 38.5 Å². The molecule has 29 heavy (non-hydrogen) atoms. The predicted octanol–water partition coefficient (Wildman–Crippen LogP) is 8.05. The molecule has 0 aromatic heterocycles. The Bertz CT molecular complexity index is 584. The molecule has 0 fully saturated rings. The molecule has 0 amide bonds. The lowest BCUT2D eigenvalue weighted by molar-refractivity contribution is 0.256. The van der Waals surface area contributed by atoms with Crippen LogP contribution in [0.3, 0.4) is 0 Å². The van der Waals surface area contributed by atoms with E-state index >= 15 is 0 Å². The molecular formula is C24H41N2O3+. The van der Waals surface area contributed by atoms with Gasteiger partial charge in [0.25, 0.3) is 5.75 Å². The van der Waals surface area contributed by atoms with Gasteiger partial charge in [0.2, 0.25) is 11.1 Å². The SMILES string of the molecule is CCCCCCOc1ccc(OCCCCCC)c(OCCCCCC)c1[N+]#N. The molecule has 5 nitrogen and oxygen atoms in total. The van der Waals surface area contributed by atoms with Crippen LogP contribution in [0.5, 0.6) is 17.2 Å². The van der Waals surface area contributed by atoms with E-state index in [0.717, 1.165) is 38.5 Å². The van der Waals surface area contributed by atoms with Gasteiger partial charge < -0.3 is 14.2 Å². The lowest BCUT2D eigenvalue weighted by atomic mass is 10.2. The minimum Gasteiger partial charge on any atom is -0.489 e. The maximum atomic E-state index is 9.66. The Morgan fingerprint density at radius 2 is 1.07 bits per heavy atom. The average Bonchev–Trinajstić information content (AvgIpc) is 2.74. The van der Waals surface area contributed by atoms with Crippen LogP contribution in [0, 0.1) is 5.39 Å². The van der Waals surface area contributed by atoms with Crippen LogP contribution in [0.25, 0.3) is 4.98 Å². The summed E-state index contributed by atoms with van der Waals surface area (Å²) in [6, 6.07) is 3.69. The molecule has 0 saturated heterocycles. The maximum Gasteiger partial charge on any atom is 0.471 e. The van der Waals surface area contributed by atoms with E-state index in [1.54, 1.807) is 0 Å². The molecule has 0 aliphatic rings. The Balaban J connectivity index is 2.79. The predicted molar refractivity (Wildman–Crippen MR) is 120 cm³/mol. The fourth-order valence-electron chi connectivity index (χ4n) is 3.12. The summed E-state index contributed by atoms with van der Waals surface area (Å²) in [7, 11) is 0. The molecule has 0 bridgehead atoms. The quantitative estimate of drug-likeness (QED) is 0.183. The molecule has 1 aromatic carbocycles. The van der Waals surface area contributed by atoms with Crippen molar-refractivity contribution in [2.45, 2.75) is 97.8 Å². The summed E-state index contributed by atoms with van der Waals surface area (Å²) in [5.41, 5.74) is 0.335. The van der Waals surface area contributed by atoms with Gasteiger partial charge in [0.05, 0.1) is 19.8 Å². The minimum absolute atomic E-state index is 0.335. The van der Waals surface area contributed by atoms with Gasteiger partial charge >= 0.3 is 5.69 Å². The van der Waals surface area contributed by atoms with Crippen LogP contribution in [0.1, 0.15) is 97.8 Å². The Kier molecular flexibility index (Phi) is 14.7. The smallest absolute Gasteiger partial charge is 0.471 e. The molecule has 0 radical (unpaired) electrons. The summed E-state index contributed by atoms with van der Waals surface area (Å²) < 4.78 is 17.9. The van der Waals surface area contributed by atoms with Gasteiger partial charge in [-0.2, -0.15) is 0 Å². The summed E-state index contributed by atoms with van der Waals surface area (Å²) >= 11 is 0. The lowest BCUT2D eigenvalue weighted by Gasteiger charge is -2.13. The van der Waals surface area contributed by atoms with Crippen molar-refractivity contribution in [1.82, 2.24) is 0 Å². The van der Waals surface area contributed by atoms with Gasteiger partial charge in [-0.25, -0.2) is 0 Å². The first-order chi connectivity index (χ1) is 14.3. The first kappa shape index (κ1) is 25.1. The van der Waals surface area contributed by atoms with Gasteiger partial charge in [-0.05, 0) is 31.4 Å². The maximum absolute atomic E-state index is 9.66. The van der Waals surface area contributed by atoms with Crippen molar-refractivity contribution in [1.29, 1.82) is 5.39 Å². The van der Waals surface area contributed by atoms with Crippen molar-refractivity contribution in [2.24, 2.45) is 0 Å². The third kappa shape index (κ3) is 10.4. The van der Waals surface area contributed by atoms with Gasteiger partial charge in [-0.1, -0.05) is 78.6 Å². The molecule has 1 aromatic rings. The highest BCUT2D eigenvalue weighted by Crippen LogP contribution is 2.45. The van der Waals surface area contributed by atoms with Crippen molar-refractivity contribution >= 4 is 5.69 Å². The van der Waals surface area contributed by atoms with E-state index < -0.39 is 0 Å². The molecule has 0 aliphatic heterocycles. The number of nitrogens with zero attached hydrogens (tertiary/aromatic N) is 2. The van der Waals surface area contributed by atoms with E-state index in [1.807, 2.05) is 12.1 Å². The standard InChI is InChI=1S/C24H41N2O3/c1-4-7-10-13-18-27-21-16-17-22(28-19-14-11-8-5-2)24(23(21)26-25)29-20-15-12-9-6-3/h16-17H,4-15,18-20H2,1-3H3/q+1. The topological polar surface area (TPSA) is 55.8 Å². The number of diazo groups is 1. The Morgan fingerprint density at radius 1 is 0.621 bits per heavy atom. The van der Waals surface area contributed by atoms with Crippen LogP contribution in [0.15, 0.2) is 12.1 Å². The average molecular weight is 406 g/mol. The van der Waals surface area contributed by atoms with Gasteiger partial charge in [-0.3, -0.25) is 0 Å². The highest BCUT2D eigenvalue weighted by molar-refractivity contribution is 5.71. The van der Waals surface area contributed by atoms with Crippen LogP contribution in [-0.2, 0) is 0 Å². The molecule has 0 heterocycles. The van der Waals surface area contributed by atoms with E-state index in [9.17, 15) is 5.39 Å². The number of rotatable bonds is 18. The van der Waals surface area contributed by atoms with Crippen LogP contribution in [0.4, 0.5) is 5.69 Å². The third-order valence-corrected chi connectivity index (χ3v) is 4.91. The summed E-state index contributed by atoms with van der Waals surface area (Å²) in [4.78, 5) is 3.49. The van der Waals surface area contributed by atoms with Crippen LogP contribution >= 0.6 is 0 Å². The molecule has 5 heteroatoms. The van der Waals surface area contributed by atoms with Gasteiger partial charge in [-0.15, -0.1) is 0 Å². The van der Waals surface area contributed by atoms with E-state index in [2.05, 4.69) is 25.7 Å². The zero-order valence-corrected chi connectivity index (χ0v) is 18.9. The third-order valence-electron chi connectivity index (χ3n) is 4.91. The van der Waals surface area contributed by atoms with Crippen molar-refractivity contribution in [3.05, 3.63) is 17.1 Å². The Labute approximate surface area is 177 Å². The highest BCUT2D eigenvalue weighted by Gasteiger charge is 2.28.